The van der Waals surface area contributed by atoms with Crippen LogP contribution in [0, 0.1) is 0 Å². The fraction of sp³-hybridized carbons (Fsp3) is 0.333. The Balaban J connectivity index is 1.39. The van der Waals surface area contributed by atoms with Crippen LogP contribution in [-0.4, -0.2) is 51.1 Å². The number of rotatable bonds is 3. The Morgan fingerprint density at radius 3 is 2.86 bits per heavy atom. The van der Waals surface area contributed by atoms with Gasteiger partial charge in [0.25, 0.3) is 0 Å². The van der Waals surface area contributed by atoms with Crippen LogP contribution in [0.2, 0.25) is 0 Å². The summed E-state index contributed by atoms with van der Waals surface area (Å²) in [6.07, 6.45) is 1.72. The molecule has 2 N–H and O–H groups in total. The molecule has 3 aromatic rings. The molecule has 0 aliphatic carbocycles. The van der Waals surface area contributed by atoms with E-state index in [1.54, 1.807) is 29.7 Å². The molecule has 0 bridgehead atoms. The van der Waals surface area contributed by atoms with Crippen molar-refractivity contribution in [2.75, 3.05) is 31.1 Å². The lowest BCUT2D eigenvalue weighted by atomic mass is 10.3. The van der Waals surface area contributed by atoms with Crippen LogP contribution >= 0.6 is 11.3 Å². The van der Waals surface area contributed by atoms with Gasteiger partial charge in [-0.15, -0.1) is 11.3 Å². The molecule has 0 atom stereocenters. The predicted molar refractivity (Wildman–Crippen MR) is 87.4 cm³/mol. The van der Waals surface area contributed by atoms with E-state index in [0.717, 1.165) is 49.6 Å². The van der Waals surface area contributed by atoms with Crippen molar-refractivity contribution in [1.82, 2.24) is 19.9 Å². The standard InChI is InChI=1S/C15H17N5OS/c21-13-2-1-3-16-15(13)20-6-4-19(5-7-20)8-14-17-11-9-22-10-12(11)18-14/h1-3,9-10,21H,4-8H2,(H,17,18). The lowest BCUT2D eigenvalue weighted by Crippen LogP contribution is -2.46. The zero-order chi connectivity index (χ0) is 14.9. The number of aromatic hydroxyl groups is 1. The number of imidazole rings is 1. The average molecular weight is 315 g/mol. The van der Waals surface area contributed by atoms with Gasteiger partial charge in [0.2, 0.25) is 0 Å². The molecule has 0 unspecified atom stereocenters. The van der Waals surface area contributed by atoms with Crippen molar-refractivity contribution < 1.29 is 5.11 Å². The third-order valence-corrected chi connectivity index (χ3v) is 4.72. The van der Waals surface area contributed by atoms with E-state index in [4.69, 9.17) is 0 Å². The predicted octanol–water partition coefficient (Wildman–Crippen LogP) is 2.05. The second-order valence-corrected chi connectivity index (χ2v) is 6.21. The summed E-state index contributed by atoms with van der Waals surface area (Å²) in [5.41, 5.74) is 2.18. The number of aromatic amines is 1. The Labute approximate surface area is 132 Å². The number of nitrogens with zero attached hydrogens (tertiary/aromatic N) is 4. The summed E-state index contributed by atoms with van der Waals surface area (Å²) in [5, 5.41) is 14.0. The van der Waals surface area contributed by atoms with Gasteiger partial charge in [0.15, 0.2) is 11.6 Å². The van der Waals surface area contributed by atoms with E-state index >= 15 is 0 Å². The SMILES string of the molecule is Oc1cccnc1N1CCN(Cc2nc3cscc3[nH]2)CC1. The molecule has 0 radical (unpaired) electrons. The molecule has 0 aromatic carbocycles. The first-order valence-corrected chi connectivity index (χ1v) is 8.26. The first kappa shape index (κ1) is 13.5. The van der Waals surface area contributed by atoms with Gasteiger partial charge >= 0.3 is 0 Å². The Bertz CT molecular complexity index is 746. The van der Waals surface area contributed by atoms with E-state index < -0.39 is 0 Å². The molecular weight excluding hydrogens is 298 g/mol. The first-order valence-electron chi connectivity index (χ1n) is 7.32. The number of anilines is 1. The van der Waals surface area contributed by atoms with Gasteiger partial charge in [0.05, 0.1) is 17.6 Å². The largest absolute Gasteiger partial charge is 0.504 e. The summed E-state index contributed by atoms with van der Waals surface area (Å²) in [5.74, 6) is 1.95. The van der Waals surface area contributed by atoms with Gasteiger partial charge in [0, 0.05) is 43.1 Å². The van der Waals surface area contributed by atoms with Gasteiger partial charge in [0.1, 0.15) is 5.82 Å². The normalized spacial score (nSPS) is 16.5. The maximum atomic E-state index is 9.89. The Kier molecular flexibility index (Phi) is 3.44. The minimum atomic E-state index is 0.252. The van der Waals surface area contributed by atoms with Gasteiger partial charge in [-0.2, -0.15) is 0 Å². The van der Waals surface area contributed by atoms with Gasteiger partial charge < -0.3 is 15.0 Å². The van der Waals surface area contributed by atoms with Crippen molar-refractivity contribution in [3.8, 4) is 5.75 Å². The summed E-state index contributed by atoms with van der Waals surface area (Å²) >= 11 is 1.67. The zero-order valence-electron chi connectivity index (χ0n) is 12.1. The molecule has 6 nitrogen and oxygen atoms in total. The van der Waals surface area contributed by atoms with Crippen LogP contribution in [-0.2, 0) is 6.54 Å². The van der Waals surface area contributed by atoms with Crippen LogP contribution in [0.15, 0.2) is 29.1 Å². The highest BCUT2D eigenvalue weighted by molar-refractivity contribution is 7.09. The number of fused-ring (bicyclic) bond motifs is 1. The van der Waals surface area contributed by atoms with Crippen molar-refractivity contribution in [3.05, 3.63) is 34.9 Å². The van der Waals surface area contributed by atoms with E-state index in [1.807, 2.05) is 0 Å². The van der Waals surface area contributed by atoms with Crippen LogP contribution < -0.4 is 4.90 Å². The number of aromatic nitrogens is 3. The summed E-state index contributed by atoms with van der Waals surface area (Å²) in [4.78, 5) is 16.7. The van der Waals surface area contributed by atoms with Crippen molar-refractivity contribution >= 4 is 28.2 Å². The Hall–Kier alpha value is -2.12. The maximum absolute atomic E-state index is 9.89. The third kappa shape index (κ3) is 2.53. The molecule has 4 heterocycles. The van der Waals surface area contributed by atoms with Gasteiger partial charge in [-0.25, -0.2) is 9.97 Å². The number of pyridine rings is 1. The number of piperazine rings is 1. The fourth-order valence-electron chi connectivity index (χ4n) is 2.84. The van der Waals surface area contributed by atoms with Gasteiger partial charge in [-0.3, -0.25) is 4.90 Å². The number of H-pyrrole nitrogens is 1. The van der Waals surface area contributed by atoms with Crippen molar-refractivity contribution in [2.45, 2.75) is 6.54 Å². The smallest absolute Gasteiger partial charge is 0.171 e. The van der Waals surface area contributed by atoms with Crippen molar-refractivity contribution in [1.29, 1.82) is 0 Å². The lowest BCUT2D eigenvalue weighted by Gasteiger charge is -2.35. The molecule has 0 amide bonds. The molecule has 1 fully saturated rings. The minimum absolute atomic E-state index is 0.252. The molecule has 0 saturated carbocycles. The fourth-order valence-corrected chi connectivity index (χ4v) is 3.53. The summed E-state index contributed by atoms with van der Waals surface area (Å²) in [7, 11) is 0. The number of thiophene rings is 1. The van der Waals surface area contributed by atoms with Gasteiger partial charge in [-0.05, 0) is 12.1 Å². The minimum Gasteiger partial charge on any atom is -0.504 e. The molecule has 1 aliphatic rings. The van der Waals surface area contributed by atoms with E-state index in [0.29, 0.717) is 5.82 Å². The monoisotopic (exact) mass is 315 g/mol. The van der Waals surface area contributed by atoms with Gasteiger partial charge in [-0.1, -0.05) is 0 Å². The molecule has 4 rings (SSSR count). The molecule has 1 saturated heterocycles. The van der Waals surface area contributed by atoms with E-state index in [2.05, 4.69) is 35.5 Å². The molecule has 3 aromatic heterocycles. The highest BCUT2D eigenvalue weighted by Gasteiger charge is 2.20. The quantitative estimate of drug-likeness (QED) is 0.774. The molecule has 1 aliphatic heterocycles. The second kappa shape index (κ2) is 5.58. The molecule has 7 heteroatoms. The van der Waals surface area contributed by atoms with Crippen molar-refractivity contribution in [3.63, 3.8) is 0 Å². The van der Waals surface area contributed by atoms with Crippen LogP contribution in [0.5, 0.6) is 5.75 Å². The summed E-state index contributed by atoms with van der Waals surface area (Å²) in [6, 6.07) is 3.43. The Morgan fingerprint density at radius 1 is 1.23 bits per heavy atom. The maximum Gasteiger partial charge on any atom is 0.171 e. The van der Waals surface area contributed by atoms with E-state index in [1.165, 1.54) is 0 Å². The lowest BCUT2D eigenvalue weighted by molar-refractivity contribution is 0.243. The Morgan fingerprint density at radius 2 is 2.09 bits per heavy atom. The number of hydrogen-bond donors (Lipinski definition) is 2. The van der Waals surface area contributed by atoms with Crippen LogP contribution in [0.25, 0.3) is 11.0 Å². The van der Waals surface area contributed by atoms with E-state index in [-0.39, 0.29) is 5.75 Å². The number of nitrogens with one attached hydrogen (secondary N) is 1. The summed E-state index contributed by atoms with van der Waals surface area (Å²) < 4.78 is 0. The first-order chi connectivity index (χ1) is 10.8. The zero-order valence-corrected chi connectivity index (χ0v) is 12.9. The highest BCUT2D eigenvalue weighted by atomic mass is 32.1. The molecular formula is C15H17N5OS. The van der Waals surface area contributed by atoms with E-state index in [9.17, 15) is 5.11 Å². The summed E-state index contributed by atoms with van der Waals surface area (Å²) in [6.45, 7) is 4.42. The molecule has 22 heavy (non-hydrogen) atoms. The molecule has 0 spiro atoms. The topological polar surface area (TPSA) is 68.3 Å². The third-order valence-electron chi connectivity index (χ3n) is 3.99. The van der Waals surface area contributed by atoms with Crippen molar-refractivity contribution in [2.24, 2.45) is 0 Å². The van der Waals surface area contributed by atoms with Crippen LogP contribution in [0.4, 0.5) is 5.82 Å². The van der Waals surface area contributed by atoms with Crippen LogP contribution in [0.3, 0.4) is 0 Å². The highest BCUT2D eigenvalue weighted by Crippen LogP contribution is 2.24. The number of hydrogen-bond acceptors (Lipinski definition) is 6. The second-order valence-electron chi connectivity index (χ2n) is 5.46. The molecule has 114 valence electrons. The average Bonchev–Trinajstić information content (AvgIpc) is 3.10. The van der Waals surface area contributed by atoms with Crippen LogP contribution in [0.1, 0.15) is 5.82 Å².